The molecule has 82 valence electrons. The maximum Gasteiger partial charge on any atom is 0.222 e. The van der Waals surface area contributed by atoms with E-state index in [0.717, 1.165) is 25.8 Å². The molecule has 0 bridgehead atoms. The van der Waals surface area contributed by atoms with E-state index in [9.17, 15) is 4.79 Å². The van der Waals surface area contributed by atoms with Crippen molar-refractivity contribution in [2.45, 2.75) is 51.5 Å². The summed E-state index contributed by atoms with van der Waals surface area (Å²) in [7, 11) is 0. The molecule has 1 saturated heterocycles. The zero-order chi connectivity index (χ0) is 10.4. The van der Waals surface area contributed by atoms with Gasteiger partial charge in [-0.3, -0.25) is 4.79 Å². The highest BCUT2D eigenvalue weighted by molar-refractivity contribution is 5.76. The van der Waals surface area contributed by atoms with Gasteiger partial charge >= 0.3 is 0 Å². The summed E-state index contributed by atoms with van der Waals surface area (Å²) in [6.07, 6.45) is 5.78. The molecule has 1 unspecified atom stereocenters. The highest BCUT2D eigenvalue weighted by atomic mass is 16.3. The first kappa shape index (κ1) is 11.5. The average Bonchev–Trinajstić information content (AvgIpc) is 2.37. The van der Waals surface area contributed by atoms with Crippen molar-refractivity contribution in [2.75, 3.05) is 13.2 Å². The number of carbonyl (C=O) groups is 1. The van der Waals surface area contributed by atoms with Crippen LogP contribution in [0.15, 0.2) is 0 Å². The SMILES string of the molecule is CCC1CCCCC(=O)N1CCCO. The quantitative estimate of drug-likeness (QED) is 0.746. The van der Waals surface area contributed by atoms with E-state index < -0.39 is 0 Å². The molecule has 3 heteroatoms. The summed E-state index contributed by atoms with van der Waals surface area (Å²) in [6.45, 7) is 3.04. The Bertz CT molecular complexity index is 182. The molecule has 0 aromatic rings. The smallest absolute Gasteiger partial charge is 0.222 e. The van der Waals surface area contributed by atoms with Gasteiger partial charge in [-0.05, 0) is 25.7 Å². The van der Waals surface area contributed by atoms with Crippen LogP contribution in [-0.4, -0.2) is 35.1 Å². The fourth-order valence-corrected chi connectivity index (χ4v) is 2.13. The molecule has 1 heterocycles. The second kappa shape index (κ2) is 6.02. The number of carbonyl (C=O) groups excluding carboxylic acids is 1. The average molecular weight is 199 g/mol. The minimum absolute atomic E-state index is 0.181. The first-order chi connectivity index (χ1) is 6.79. The van der Waals surface area contributed by atoms with Crippen molar-refractivity contribution in [3.8, 4) is 0 Å². The maximum atomic E-state index is 11.7. The normalized spacial score (nSPS) is 23.7. The van der Waals surface area contributed by atoms with Crippen LogP contribution < -0.4 is 0 Å². The maximum absolute atomic E-state index is 11.7. The van der Waals surface area contributed by atoms with E-state index in [0.29, 0.717) is 18.9 Å². The standard InChI is InChI=1S/C11H21NO2/c1-2-10-6-3-4-7-11(14)12(10)8-5-9-13/h10,13H,2-9H2,1H3. The molecule has 0 aliphatic carbocycles. The third-order valence-electron chi connectivity index (χ3n) is 2.97. The molecule has 3 nitrogen and oxygen atoms in total. The predicted octanol–water partition coefficient (Wildman–Crippen LogP) is 1.55. The topological polar surface area (TPSA) is 40.5 Å². The second-order valence-electron chi connectivity index (χ2n) is 3.97. The fourth-order valence-electron chi connectivity index (χ4n) is 2.13. The Kier molecular flexibility index (Phi) is 4.94. The molecule has 0 radical (unpaired) electrons. The summed E-state index contributed by atoms with van der Waals surface area (Å²) in [4.78, 5) is 13.7. The Morgan fingerprint density at radius 3 is 2.93 bits per heavy atom. The Balaban J connectivity index is 2.55. The van der Waals surface area contributed by atoms with Gasteiger partial charge in [0.2, 0.25) is 5.91 Å². The largest absolute Gasteiger partial charge is 0.396 e. The Hall–Kier alpha value is -0.570. The monoisotopic (exact) mass is 199 g/mol. The molecule has 0 spiro atoms. The van der Waals surface area contributed by atoms with E-state index in [4.69, 9.17) is 5.11 Å². The van der Waals surface area contributed by atoms with Crippen molar-refractivity contribution in [3.63, 3.8) is 0 Å². The van der Waals surface area contributed by atoms with Gasteiger partial charge in [-0.25, -0.2) is 0 Å². The van der Waals surface area contributed by atoms with Crippen LogP contribution in [0.3, 0.4) is 0 Å². The molecule has 1 amide bonds. The molecule has 0 aromatic heterocycles. The van der Waals surface area contributed by atoms with E-state index in [1.54, 1.807) is 0 Å². The number of hydrogen-bond acceptors (Lipinski definition) is 2. The minimum Gasteiger partial charge on any atom is -0.396 e. The molecular formula is C11H21NO2. The lowest BCUT2D eigenvalue weighted by Gasteiger charge is -2.29. The van der Waals surface area contributed by atoms with Crippen LogP contribution in [0.4, 0.5) is 0 Å². The Morgan fingerprint density at radius 1 is 1.50 bits per heavy atom. The number of hydrogen-bond donors (Lipinski definition) is 1. The highest BCUT2D eigenvalue weighted by Crippen LogP contribution is 2.20. The lowest BCUT2D eigenvalue weighted by Crippen LogP contribution is -2.39. The van der Waals surface area contributed by atoms with Crippen LogP contribution in [0, 0.1) is 0 Å². The molecule has 1 aliphatic heterocycles. The van der Waals surface area contributed by atoms with Gasteiger partial charge in [0.05, 0.1) is 0 Å². The molecule has 1 fully saturated rings. The number of aliphatic hydroxyl groups excluding tert-OH is 1. The molecule has 14 heavy (non-hydrogen) atoms. The summed E-state index contributed by atoms with van der Waals surface area (Å²) in [5.41, 5.74) is 0. The van der Waals surface area contributed by atoms with Gasteiger partial charge in [-0.1, -0.05) is 13.3 Å². The first-order valence-electron chi connectivity index (χ1n) is 5.70. The van der Waals surface area contributed by atoms with E-state index in [2.05, 4.69) is 6.92 Å². The molecule has 1 rings (SSSR count). The van der Waals surface area contributed by atoms with Gasteiger partial charge in [0.1, 0.15) is 0 Å². The van der Waals surface area contributed by atoms with Crippen molar-refractivity contribution in [1.82, 2.24) is 4.90 Å². The Labute approximate surface area is 86.1 Å². The van der Waals surface area contributed by atoms with Crippen molar-refractivity contribution in [1.29, 1.82) is 0 Å². The van der Waals surface area contributed by atoms with Crippen LogP contribution in [0.5, 0.6) is 0 Å². The summed E-state index contributed by atoms with van der Waals surface area (Å²) in [5, 5.41) is 8.77. The number of amides is 1. The van der Waals surface area contributed by atoms with Gasteiger partial charge in [0, 0.05) is 25.6 Å². The van der Waals surface area contributed by atoms with Crippen LogP contribution in [0.1, 0.15) is 45.4 Å². The van der Waals surface area contributed by atoms with Crippen LogP contribution >= 0.6 is 0 Å². The van der Waals surface area contributed by atoms with Crippen molar-refractivity contribution >= 4 is 5.91 Å². The van der Waals surface area contributed by atoms with Crippen molar-refractivity contribution in [3.05, 3.63) is 0 Å². The third-order valence-corrected chi connectivity index (χ3v) is 2.97. The van der Waals surface area contributed by atoms with Gasteiger partial charge in [-0.2, -0.15) is 0 Å². The van der Waals surface area contributed by atoms with Gasteiger partial charge < -0.3 is 10.0 Å². The van der Waals surface area contributed by atoms with E-state index >= 15 is 0 Å². The number of likely N-dealkylation sites (tertiary alicyclic amines) is 1. The number of rotatable bonds is 4. The summed E-state index contributed by atoms with van der Waals surface area (Å²) in [5.74, 6) is 0.280. The lowest BCUT2D eigenvalue weighted by atomic mass is 10.1. The summed E-state index contributed by atoms with van der Waals surface area (Å²) < 4.78 is 0. The molecule has 1 N–H and O–H groups in total. The van der Waals surface area contributed by atoms with E-state index in [1.807, 2.05) is 4.90 Å². The predicted molar refractivity (Wildman–Crippen MR) is 56.0 cm³/mol. The summed E-state index contributed by atoms with van der Waals surface area (Å²) in [6, 6.07) is 0.413. The zero-order valence-electron chi connectivity index (χ0n) is 9.04. The molecule has 1 atom stereocenters. The van der Waals surface area contributed by atoms with E-state index in [1.165, 1.54) is 6.42 Å². The minimum atomic E-state index is 0.181. The van der Waals surface area contributed by atoms with E-state index in [-0.39, 0.29) is 12.5 Å². The van der Waals surface area contributed by atoms with Crippen molar-refractivity contribution < 1.29 is 9.90 Å². The molecule has 0 saturated carbocycles. The molecule has 1 aliphatic rings. The number of aliphatic hydroxyl groups is 1. The van der Waals surface area contributed by atoms with Gasteiger partial charge in [-0.15, -0.1) is 0 Å². The highest BCUT2D eigenvalue weighted by Gasteiger charge is 2.23. The zero-order valence-corrected chi connectivity index (χ0v) is 9.04. The number of nitrogens with zero attached hydrogens (tertiary/aromatic N) is 1. The second-order valence-corrected chi connectivity index (χ2v) is 3.97. The fraction of sp³-hybridized carbons (Fsp3) is 0.909. The molecular weight excluding hydrogens is 178 g/mol. The Morgan fingerprint density at radius 2 is 2.29 bits per heavy atom. The van der Waals surface area contributed by atoms with Crippen LogP contribution in [-0.2, 0) is 4.79 Å². The molecule has 0 aromatic carbocycles. The van der Waals surface area contributed by atoms with Gasteiger partial charge in [0.15, 0.2) is 0 Å². The van der Waals surface area contributed by atoms with Crippen LogP contribution in [0.25, 0.3) is 0 Å². The first-order valence-corrected chi connectivity index (χ1v) is 5.70. The third kappa shape index (κ3) is 2.98. The summed E-state index contributed by atoms with van der Waals surface area (Å²) >= 11 is 0. The van der Waals surface area contributed by atoms with Gasteiger partial charge in [0.25, 0.3) is 0 Å². The van der Waals surface area contributed by atoms with Crippen LogP contribution in [0.2, 0.25) is 0 Å². The van der Waals surface area contributed by atoms with Crippen molar-refractivity contribution in [2.24, 2.45) is 0 Å². The lowest BCUT2D eigenvalue weighted by molar-refractivity contribution is -0.133.